The number of piperazine rings is 1. The highest BCUT2D eigenvalue weighted by atomic mass is 19.1. The summed E-state index contributed by atoms with van der Waals surface area (Å²) in [7, 11) is 1.72. The summed E-state index contributed by atoms with van der Waals surface area (Å²) in [6.07, 6.45) is 3.07. The van der Waals surface area contributed by atoms with E-state index in [1.54, 1.807) is 36.0 Å². The lowest BCUT2D eigenvalue weighted by atomic mass is 10.1. The number of aromatic nitrogens is 4. The summed E-state index contributed by atoms with van der Waals surface area (Å²) in [5.41, 5.74) is 1.86. The zero-order valence-corrected chi connectivity index (χ0v) is 15.8. The van der Waals surface area contributed by atoms with E-state index in [4.69, 9.17) is 4.98 Å². The van der Waals surface area contributed by atoms with Crippen LogP contribution >= 0.6 is 0 Å². The zero-order chi connectivity index (χ0) is 19.7. The highest BCUT2D eigenvalue weighted by Gasteiger charge is 2.27. The van der Waals surface area contributed by atoms with Crippen LogP contribution in [-0.4, -0.2) is 45.2 Å². The van der Waals surface area contributed by atoms with E-state index in [1.165, 1.54) is 18.5 Å². The second-order valence-corrected chi connectivity index (χ2v) is 6.90. The van der Waals surface area contributed by atoms with Crippen LogP contribution in [0.1, 0.15) is 6.92 Å². The lowest BCUT2D eigenvalue weighted by Gasteiger charge is -2.41. The Hall–Kier alpha value is -3.29. The number of hydrogen-bond donors (Lipinski definition) is 0. The lowest BCUT2D eigenvalue weighted by molar-refractivity contribution is 0.528. The third-order valence-corrected chi connectivity index (χ3v) is 5.01. The lowest BCUT2D eigenvalue weighted by Crippen LogP contribution is -2.53. The minimum atomic E-state index is -0.241. The molecular formula is C20H21FN6O. The van der Waals surface area contributed by atoms with E-state index >= 15 is 0 Å². The standard InChI is InChI=1S/C20H21FN6O/c1-14-12-26(16-5-3-4-15(21)10-16)8-9-27(14)20-24-18(11-19(28)25(20)2)17-6-7-22-13-23-17/h3-7,10-11,13-14H,8-9,12H2,1-2H3/t14-/m1/s1. The Kier molecular flexibility index (Phi) is 4.77. The minimum Gasteiger partial charge on any atom is -0.368 e. The molecule has 2 aromatic heterocycles. The van der Waals surface area contributed by atoms with Crippen molar-refractivity contribution in [1.29, 1.82) is 0 Å². The smallest absolute Gasteiger partial charge is 0.255 e. The van der Waals surface area contributed by atoms with Crippen LogP contribution in [0.4, 0.5) is 16.0 Å². The van der Waals surface area contributed by atoms with Crippen LogP contribution in [0.3, 0.4) is 0 Å². The van der Waals surface area contributed by atoms with Crippen molar-refractivity contribution >= 4 is 11.6 Å². The molecule has 0 aliphatic carbocycles. The molecule has 4 rings (SSSR count). The second-order valence-electron chi connectivity index (χ2n) is 6.90. The molecule has 3 aromatic rings. The van der Waals surface area contributed by atoms with E-state index in [0.717, 1.165) is 5.69 Å². The average molecular weight is 380 g/mol. The quantitative estimate of drug-likeness (QED) is 0.693. The Morgan fingerprint density at radius 3 is 2.71 bits per heavy atom. The molecule has 0 bridgehead atoms. The molecule has 28 heavy (non-hydrogen) atoms. The molecule has 0 N–H and O–H groups in total. The predicted molar refractivity (Wildman–Crippen MR) is 106 cm³/mol. The minimum absolute atomic E-state index is 0.0933. The first-order valence-electron chi connectivity index (χ1n) is 9.14. The molecule has 0 amide bonds. The van der Waals surface area contributed by atoms with Crippen LogP contribution in [0.5, 0.6) is 0 Å². The largest absolute Gasteiger partial charge is 0.368 e. The van der Waals surface area contributed by atoms with Gasteiger partial charge in [0.05, 0.1) is 11.4 Å². The van der Waals surface area contributed by atoms with Crippen molar-refractivity contribution in [2.75, 3.05) is 29.4 Å². The maximum Gasteiger partial charge on any atom is 0.255 e. The molecule has 0 radical (unpaired) electrons. The highest BCUT2D eigenvalue weighted by Crippen LogP contribution is 2.24. The SMILES string of the molecule is C[C@@H]1CN(c2cccc(F)c2)CCN1c1nc(-c2ccncn2)cc(=O)n1C. The predicted octanol–water partition coefficient (Wildman–Crippen LogP) is 2.09. The topological polar surface area (TPSA) is 67.2 Å². The summed E-state index contributed by atoms with van der Waals surface area (Å²) >= 11 is 0. The molecule has 3 heterocycles. The molecule has 0 unspecified atom stereocenters. The van der Waals surface area contributed by atoms with E-state index < -0.39 is 0 Å². The highest BCUT2D eigenvalue weighted by molar-refractivity contribution is 5.56. The van der Waals surface area contributed by atoms with Crippen LogP contribution in [0, 0.1) is 5.82 Å². The molecule has 1 aromatic carbocycles. The molecule has 1 saturated heterocycles. The molecule has 1 atom stereocenters. The molecule has 7 nitrogen and oxygen atoms in total. The first kappa shape index (κ1) is 18.1. The molecule has 144 valence electrons. The molecule has 0 saturated carbocycles. The van der Waals surface area contributed by atoms with Crippen molar-refractivity contribution in [3.8, 4) is 11.4 Å². The third kappa shape index (κ3) is 3.45. The van der Waals surface area contributed by atoms with Gasteiger partial charge in [0.1, 0.15) is 12.1 Å². The van der Waals surface area contributed by atoms with Gasteiger partial charge in [-0.1, -0.05) is 6.07 Å². The van der Waals surface area contributed by atoms with Gasteiger partial charge < -0.3 is 9.80 Å². The van der Waals surface area contributed by atoms with Gasteiger partial charge in [0.25, 0.3) is 5.56 Å². The first-order valence-corrected chi connectivity index (χ1v) is 9.14. The maximum atomic E-state index is 13.6. The van der Waals surface area contributed by atoms with Crippen molar-refractivity contribution in [3.63, 3.8) is 0 Å². The Bertz CT molecular complexity index is 1040. The maximum absolute atomic E-state index is 13.6. The van der Waals surface area contributed by atoms with Crippen molar-refractivity contribution in [3.05, 3.63) is 65.1 Å². The van der Waals surface area contributed by atoms with Gasteiger partial charge >= 0.3 is 0 Å². The fourth-order valence-electron chi connectivity index (χ4n) is 3.52. The van der Waals surface area contributed by atoms with Gasteiger partial charge in [-0.25, -0.2) is 19.3 Å². The third-order valence-electron chi connectivity index (χ3n) is 5.01. The Balaban J connectivity index is 1.63. The van der Waals surface area contributed by atoms with E-state index in [1.807, 2.05) is 6.07 Å². The Morgan fingerprint density at radius 2 is 2.00 bits per heavy atom. The molecule has 1 aliphatic rings. The molecule has 0 spiro atoms. The summed E-state index contributed by atoms with van der Waals surface area (Å²) in [5, 5.41) is 0. The monoisotopic (exact) mass is 380 g/mol. The summed E-state index contributed by atoms with van der Waals surface area (Å²) in [6.45, 7) is 4.17. The van der Waals surface area contributed by atoms with Crippen molar-refractivity contribution in [2.45, 2.75) is 13.0 Å². The average Bonchev–Trinajstić information content (AvgIpc) is 2.71. The normalized spacial score (nSPS) is 17.0. The number of halogens is 1. The number of hydrogen-bond acceptors (Lipinski definition) is 6. The Labute approximate surface area is 162 Å². The van der Waals surface area contributed by atoms with Crippen LogP contribution in [0.15, 0.2) is 53.7 Å². The van der Waals surface area contributed by atoms with E-state index in [9.17, 15) is 9.18 Å². The van der Waals surface area contributed by atoms with Gasteiger partial charge in [-0.05, 0) is 31.2 Å². The van der Waals surface area contributed by atoms with Gasteiger partial charge in [0.2, 0.25) is 5.95 Å². The summed E-state index contributed by atoms with van der Waals surface area (Å²) < 4.78 is 15.1. The fraction of sp³-hybridized carbons (Fsp3) is 0.300. The van der Waals surface area contributed by atoms with Gasteiger partial charge in [0, 0.05) is 50.7 Å². The summed E-state index contributed by atoms with van der Waals surface area (Å²) in [4.78, 5) is 29.6. The van der Waals surface area contributed by atoms with Gasteiger partial charge in [-0.2, -0.15) is 0 Å². The molecule has 8 heteroatoms. The zero-order valence-electron chi connectivity index (χ0n) is 15.8. The van der Waals surface area contributed by atoms with Crippen LogP contribution in [0.2, 0.25) is 0 Å². The van der Waals surface area contributed by atoms with Crippen LogP contribution in [-0.2, 0) is 7.05 Å². The molecule has 1 fully saturated rings. The number of benzene rings is 1. The summed E-state index contributed by atoms with van der Waals surface area (Å²) in [6, 6.07) is 9.94. The van der Waals surface area contributed by atoms with Crippen molar-refractivity contribution in [1.82, 2.24) is 19.5 Å². The van der Waals surface area contributed by atoms with Gasteiger partial charge in [0.15, 0.2) is 0 Å². The van der Waals surface area contributed by atoms with E-state index in [-0.39, 0.29) is 17.4 Å². The van der Waals surface area contributed by atoms with Crippen molar-refractivity contribution in [2.24, 2.45) is 7.05 Å². The van der Waals surface area contributed by atoms with E-state index in [2.05, 4.69) is 26.7 Å². The fourth-order valence-corrected chi connectivity index (χ4v) is 3.52. The van der Waals surface area contributed by atoms with Crippen molar-refractivity contribution < 1.29 is 4.39 Å². The van der Waals surface area contributed by atoms with Crippen LogP contribution in [0.25, 0.3) is 11.4 Å². The van der Waals surface area contributed by atoms with Crippen LogP contribution < -0.4 is 15.4 Å². The Morgan fingerprint density at radius 1 is 1.14 bits per heavy atom. The first-order chi connectivity index (χ1) is 13.5. The number of nitrogens with zero attached hydrogens (tertiary/aromatic N) is 6. The number of rotatable bonds is 3. The second kappa shape index (κ2) is 7.38. The van der Waals surface area contributed by atoms with Gasteiger partial charge in [-0.15, -0.1) is 0 Å². The number of anilines is 2. The molecule has 1 aliphatic heterocycles. The van der Waals surface area contributed by atoms with E-state index in [0.29, 0.717) is 37.0 Å². The molecular weight excluding hydrogens is 359 g/mol. The summed E-state index contributed by atoms with van der Waals surface area (Å²) in [5.74, 6) is 0.363. The van der Waals surface area contributed by atoms with Gasteiger partial charge in [-0.3, -0.25) is 9.36 Å².